The van der Waals surface area contributed by atoms with Gasteiger partial charge in [0.05, 0.1) is 6.04 Å². The molecule has 20 heavy (non-hydrogen) atoms. The van der Waals surface area contributed by atoms with Crippen LogP contribution in [-0.2, 0) is 6.42 Å². The molecule has 0 fully saturated rings. The van der Waals surface area contributed by atoms with Gasteiger partial charge in [-0.2, -0.15) is 0 Å². The van der Waals surface area contributed by atoms with E-state index in [0.29, 0.717) is 0 Å². The average Bonchev–Trinajstić information content (AvgIpc) is 2.88. The fraction of sp³-hybridized carbons (Fsp3) is 0.188. The quantitative estimate of drug-likeness (QED) is 0.788. The molecule has 0 aliphatic carbocycles. The molecule has 3 nitrogen and oxygen atoms in total. The highest BCUT2D eigenvalue weighted by molar-refractivity contribution is 6.31. The van der Waals surface area contributed by atoms with Crippen molar-refractivity contribution in [2.45, 2.75) is 12.5 Å². The Morgan fingerprint density at radius 1 is 1.20 bits per heavy atom. The number of fused-ring (bicyclic) bond motifs is 1. The number of halogens is 1. The Hall–Kier alpha value is -1.84. The Morgan fingerprint density at radius 2 is 2.00 bits per heavy atom. The van der Waals surface area contributed by atoms with Crippen molar-refractivity contribution in [3.63, 3.8) is 0 Å². The van der Waals surface area contributed by atoms with Crippen LogP contribution in [0.2, 0.25) is 5.02 Å². The summed E-state index contributed by atoms with van der Waals surface area (Å²) in [6.45, 7) is 0. The number of rotatable bonds is 4. The van der Waals surface area contributed by atoms with Crippen LogP contribution in [0, 0.1) is 0 Å². The predicted octanol–water partition coefficient (Wildman–Crippen LogP) is 3.98. The Morgan fingerprint density at radius 3 is 2.75 bits per heavy atom. The van der Waals surface area contributed by atoms with Gasteiger partial charge in [0, 0.05) is 22.8 Å². The minimum absolute atomic E-state index is 0.128. The van der Waals surface area contributed by atoms with Crippen molar-refractivity contribution in [3.05, 3.63) is 65.1 Å². The average molecular weight is 287 g/mol. The van der Waals surface area contributed by atoms with Gasteiger partial charge in [0.1, 0.15) is 11.3 Å². The zero-order valence-electron chi connectivity index (χ0n) is 11.1. The Kier molecular flexibility index (Phi) is 3.72. The van der Waals surface area contributed by atoms with Crippen LogP contribution in [0.4, 0.5) is 0 Å². The molecule has 3 aromatic rings. The van der Waals surface area contributed by atoms with Crippen LogP contribution < -0.4 is 5.32 Å². The highest BCUT2D eigenvalue weighted by Gasteiger charge is 2.15. The first kappa shape index (κ1) is 13.2. The van der Waals surface area contributed by atoms with Crippen molar-refractivity contribution in [3.8, 4) is 0 Å². The van der Waals surface area contributed by atoms with E-state index in [-0.39, 0.29) is 6.04 Å². The van der Waals surface area contributed by atoms with Crippen molar-refractivity contribution in [2.24, 2.45) is 0 Å². The number of furan rings is 1. The van der Waals surface area contributed by atoms with Crippen molar-refractivity contribution < 1.29 is 4.42 Å². The molecule has 0 saturated heterocycles. The summed E-state index contributed by atoms with van der Waals surface area (Å²) >= 11 is 6.01. The molecule has 0 amide bonds. The first-order valence-electron chi connectivity index (χ1n) is 6.51. The molecule has 2 heterocycles. The lowest BCUT2D eigenvalue weighted by atomic mass is 10.1. The van der Waals surface area contributed by atoms with Crippen LogP contribution in [0.1, 0.15) is 17.4 Å². The SMILES string of the molecule is CNC(Cc1ccncc1)c1cc2cc(Cl)ccc2o1. The zero-order valence-corrected chi connectivity index (χ0v) is 11.9. The van der Waals surface area contributed by atoms with Crippen molar-refractivity contribution in [2.75, 3.05) is 7.05 Å². The summed E-state index contributed by atoms with van der Waals surface area (Å²) in [4.78, 5) is 4.04. The van der Waals surface area contributed by atoms with E-state index >= 15 is 0 Å². The summed E-state index contributed by atoms with van der Waals surface area (Å²) < 4.78 is 5.91. The topological polar surface area (TPSA) is 38.1 Å². The molecule has 0 saturated carbocycles. The van der Waals surface area contributed by atoms with Crippen LogP contribution in [0.25, 0.3) is 11.0 Å². The number of nitrogens with one attached hydrogen (secondary N) is 1. The molecule has 0 aliphatic rings. The van der Waals surface area contributed by atoms with E-state index in [1.165, 1.54) is 5.56 Å². The van der Waals surface area contributed by atoms with Crippen molar-refractivity contribution >= 4 is 22.6 Å². The number of hydrogen-bond donors (Lipinski definition) is 1. The van der Waals surface area contributed by atoms with E-state index in [9.17, 15) is 0 Å². The molecule has 102 valence electrons. The summed E-state index contributed by atoms with van der Waals surface area (Å²) in [7, 11) is 1.94. The molecule has 1 aromatic carbocycles. The van der Waals surface area contributed by atoms with E-state index in [1.54, 1.807) is 12.4 Å². The maximum Gasteiger partial charge on any atom is 0.134 e. The van der Waals surface area contributed by atoms with Crippen LogP contribution in [0.5, 0.6) is 0 Å². The van der Waals surface area contributed by atoms with Gasteiger partial charge < -0.3 is 9.73 Å². The monoisotopic (exact) mass is 286 g/mol. The van der Waals surface area contributed by atoms with Crippen LogP contribution in [0.3, 0.4) is 0 Å². The molecule has 0 radical (unpaired) electrons. The number of hydrogen-bond acceptors (Lipinski definition) is 3. The lowest BCUT2D eigenvalue weighted by Crippen LogP contribution is -2.18. The maximum absolute atomic E-state index is 6.01. The summed E-state index contributed by atoms with van der Waals surface area (Å²) in [6, 6.07) is 11.9. The highest BCUT2D eigenvalue weighted by Crippen LogP contribution is 2.27. The molecular formula is C16H15ClN2O. The van der Waals surface area contributed by atoms with Gasteiger partial charge in [0.2, 0.25) is 0 Å². The molecule has 1 unspecified atom stereocenters. The fourth-order valence-electron chi connectivity index (χ4n) is 2.31. The largest absolute Gasteiger partial charge is 0.459 e. The summed E-state index contributed by atoms with van der Waals surface area (Å²) in [5.41, 5.74) is 2.08. The van der Waals surface area contributed by atoms with E-state index in [0.717, 1.165) is 28.2 Å². The molecule has 1 atom stereocenters. The third-order valence-corrected chi connectivity index (χ3v) is 3.61. The number of nitrogens with zero attached hydrogens (tertiary/aromatic N) is 1. The summed E-state index contributed by atoms with van der Waals surface area (Å²) in [5, 5.41) is 5.05. The number of benzene rings is 1. The van der Waals surface area contributed by atoms with Crippen molar-refractivity contribution in [1.82, 2.24) is 10.3 Å². The number of pyridine rings is 1. The van der Waals surface area contributed by atoms with Crippen molar-refractivity contribution in [1.29, 1.82) is 0 Å². The molecule has 4 heteroatoms. The van der Waals surface area contributed by atoms with Gasteiger partial charge in [-0.25, -0.2) is 0 Å². The first-order valence-corrected chi connectivity index (χ1v) is 6.89. The van der Waals surface area contributed by atoms with Gasteiger partial charge >= 0.3 is 0 Å². The van der Waals surface area contributed by atoms with E-state index in [1.807, 2.05) is 43.4 Å². The molecule has 0 spiro atoms. The maximum atomic E-state index is 6.01. The molecule has 1 N–H and O–H groups in total. The third kappa shape index (κ3) is 2.69. The molecule has 0 aliphatic heterocycles. The van der Waals surface area contributed by atoms with Gasteiger partial charge in [-0.05, 0) is 55.4 Å². The van der Waals surface area contributed by atoms with Gasteiger partial charge in [-0.3, -0.25) is 4.98 Å². The van der Waals surface area contributed by atoms with Gasteiger partial charge in [0.25, 0.3) is 0 Å². The third-order valence-electron chi connectivity index (χ3n) is 3.38. The molecule has 0 bridgehead atoms. The lowest BCUT2D eigenvalue weighted by molar-refractivity contribution is 0.451. The first-order chi connectivity index (χ1) is 9.76. The van der Waals surface area contributed by atoms with Gasteiger partial charge in [0.15, 0.2) is 0 Å². The van der Waals surface area contributed by atoms with E-state index < -0.39 is 0 Å². The Labute approximate surface area is 122 Å². The van der Waals surface area contributed by atoms with E-state index in [2.05, 4.69) is 10.3 Å². The van der Waals surface area contributed by atoms with Crippen LogP contribution in [-0.4, -0.2) is 12.0 Å². The fourth-order valence-corrected chi connectivity index (χ4v) is 2.49. The predicted molar refractivity (Wildman–Crippen MR) is 81.0 cm³/mol. The number of aromatic nitrogens is 1. The molecule has 2 aromatic heterocycles. The summed E-state index contributed by atoms with van der Waals surface area (Å²) in [5.74, 6) is 0.918. The minimum atomic E-state index is 0.128. The minimum Gasteiger partial charge on any atom is -0.459 e. The smallest absolute Gasteiger partial charge is 0.134 e. The zero-order chi connectivity index (χ0) is 13.9. The molecule has 3 rings (SSSR count). The second-order valence-corrected chi connectivity index (χ2v) is 5.17. The van der Waals surface area contributed by atoms with Gasteiger partial charge in [-0.1, -0.05) is 11.6 Å². The molecular weight excluding hydrogens is 272 g/mol. The lowest BCUT2D eigenvalue weighted by Gasteiger charge is -2.13. The van der Waals surface area contributed by atoms with Crippen LogP contribution >= 0.6 is 11.6 Å². The second kappa shape index (κ2) is 5.65. The normalized spacial score (nSPS) is 12.7. The Balaban J connectivity index is 1.91. The Bertz CT molecular complexity index is 709. The number of likely N-dealkylation sites (N-methyl/N-ethyl adjacent to an activating group) is 1. The highest BCUT2D eigenvalue weighted by atomic mass is 35.5. The second-order valence-electron chi connectivity index (χ2n) is 4.73. The summed E-state index contributed by atoms with van der Waals surface area (Å²) in [6.07, 6.45) is 4.47. The van der Waals surface area contributed by atoms with Gasteiger partial charge in [-0.15, -0.1) is 0 Å². The van der Waals surface area contributed by atoms with E-state index in [4.69, 9.17) is 16.0 Å². The standard InChI is InChI=1S/C16H15ClN2O/c1-18-14(8-11-4-6-19-7-5-11)16-10-12-9-13(17)2-3-15(12)20-16/h2-7,9-10,14,18H,8H2,1H3. The van der Waals surface area contributed by atoms with Crippen LogP contribution in [0.15, 0.2) is 53.2 Å².